The van der Waals surface area contributed by atoms with Crippen LogP contribution in [0, 0.1) is 12.7 Å². The number of carbonyl (C=O) groups is 2. The van der Waals surface area contributed by atoms with E-state index in [1.165, 1.54) is 15.6 Å². The molecule has 1 aliphatic heterocycles. The van der Waals surface area contributed by atoms with E-state index >= 15 is 0 Å². The summed E-state index contributed by atoms with van der Waals surface area (Å²) < 4.78 is 45.8. The number of esters is 1. The maximum absolute atomic E-state index is 14.2. The summed E-state index contributed by atoms with van der Waals surface area (Å²) in [5, 5.41) is 4.62. The van der Waals surface area contributed by atoms with Crippen molar-refractivity contribution < 1.29 is 27.1 Å². The summed E-state index contributed by atoms with van der Waals surface area (Å²) >= 11 is 1.23. The fraction of sp³-hybridized carbons (Fsp3) is 0.389. The molecule has 3 rings (SSSR count). The highest BCUT2D eigenvalue weighted by Crippen LogP contribution is 2.24. The zero-order valence-electron chi connectivity index (χ0n) is 15.7. The second-order valence-corrected chi connectivity index (χ2v) is 9.29. The average molecular weight is 442 g/mol. The van der Waals surface area contributed by atoms with E-state index in [9.17, 15) is 22.4 Å². The molecule has 11 heteroatoms. The molecule has 156 valence electrons. The molecule has 29 heavy (non-hydrogen) atoms. The number of amides is 1. The van der Waals surface area contributed by atoms with Gasteiger partial charge < -0.3 is 4.74 Å². The van der Waals surface area contributed by atoms with Gasteiger partial charge in [-0.2, -0.15) is 4.31 Å². The number of aryl methyl sites for hydroxylation is 1. The molecular weight excluding hydrogens is 421 g/mol. The van der Waals surface area contributed by atoms with Crippen molar-refractivity contribution in [1.29, 1.82) is 0 Å². The number of hydrogen-bond acceptors (Lipinski definition) is 7. The van der Waals surface area contributed by atoms with Crippen molar-refractivity contribution in [2.45, 2.75) is 31.1 Å². The number of nitrogens with one attached hydrogen (secondary N) is 1. The summed E-state index contributed by atoms with van der Waals surface area (Å²) in [6.45, 7) is 1.82. The first kappa shape index (κ1) is 21.3. The standard InChI is InChI=1S/C18H20FN3O5S2/c1-12-11-28-18(20-12)21-16(23)10-27-17(24)13-5-6-14(19)15(9-13)29(25,26)22-7-3-2-4-8-22/h5-6,9,11H,2-4,7-8,10H2,1H3,(H,20,21,23). The summed E-state index contributed by atoms with van der Waals surface area (Å²) in [5.41, 5.74) is 0.593. The van der Waals surface area contributed by atoms with Gasteiger partial charge in [-0.05, 0) is 38.0 Å². The molecule has 1 aromatic carbocycles. The Morgan fingerprint density at radius 1 is 1.28 bits per heavy atom. The fourth-order valence-electron chi connectivity index (χ4n) is 2.85. The van der Waals surface area contributed by atoms with E-state index in [1.54, 1.807) is 12.3 Å². The zero-order valence-corrected chi connectivity index (χ0v) is 17.3. The summed E-state index contributed by atoms with van der Waals surface area (Å²) in [7, 11) is -4.05. The second kappa shape index (κ2) is 8.97. The third kappa shape index (κ3) is 5.17. The van der Waals surface area contributed by atoms with Gasteiger partial charge in [-0.1, -0.05) is 6.42 Å². The van der Waals surface area contributed by atoms with Crippen LogP contribution in [-0.4, -0.2) is 49.3 Å². The first-order valence-electron chi connectivity index (χ1n) is 8.96. The van der Waals surface area contributed by atoms with Crippen LogP contribution in [0.1, 0.15) is 35.3 Å². The van der Waals surface area contributed by atoms with Crippen LogP contribution in [0.25, 0.3) is 0 Å². The lowest BCUT2D eigenvalue weighted by Gasteiger charge is -2.26. The minimum atomic E-state index is -4.05. The molecule has 0 atom stereocenters. The van der Waals surface area contributed by atoms with E-state index in [1.807, 2.05) is 0 Å². The Morgan fingerprint density at radius 2 is 2.00 bits per heavy atom. The minimum Gasteiger partial charge on any atom is -0.452 e. The lowest BCUT2D eigenvalue weighted by molar-refractivity contribution is -0.119. The van der Waals surface area contributed by atoms with Gasteiger partial charge in [0.25, 0.3) is 5.91 Å². The van der Waals surface area contributed by atoms with Crippen LogP contribution in [0.2, 0.25) is 0 Å². The molecule has 8 nitrogen and oxygen atoms in total. The lowest BCUT2D eigenvalue weighted by atomic mass is 10.2. The van der Waals surface area contributed by atoms with Crippen LogP contribution in [0.4, 0.5) is 9.52 Å². The maximum Gasteiger partial charge on any atom is 0.338 e. The van der Waals surface area contributed by atoms with Crippen molar-refractivity contribution in [1.82, 2.24) is 9.29 Å². The molecule has 0 radical (unpaired) electrons. The van der Waals surface area contributed by atoms with Crippen molar-refractivity contribution in [2.75, 3.05) is 25.0 Å². The van der Waals surface area contributed by atoms with Crippen molar-refractivity contribution in [3.63, 3.8) is 0 Å². The topological polar surface area (TPSA) is 106 Å². The lowest BCUT2D eigenvalue weighted by Crippen LogP contribution is -2.36. The summed E-state index contributed by atoms with van der Waals surface area (Å²) in [4.78, 5) is 27.6. The van der Waals surface area contributed by atoms with Crippen LogP contribution in [0.5, 0.6) is 0 Å². The highest BCUT2D eigenvalue weighted by molar-refractivity contribution is 7.89. The first-order valence-corrected chi connectivity index (χ1v) is 11.3. The van der Waals surface area contributed by atoms with Gasteiger partial charge >= 0.3 is 5.97 Å². The van der Waals surface area contributed by atoms with Gasteiger partial charge in [0, 0.05) is 18.5 Å². The number of hydrogen-bond donors (Lipinski definition) is 1. The van der Waals surface area contributed by atoms with Gasteiger partial charge in [0.2, 0.25) is 10.0 Å². The average Bonchev–Trinajstić information content (AvgIpc) is 3.11. The third-order valence-corrected chi connectivity index (χ3v) is 7.09. The number of piperidine rings is 1. The quantitative estimate of drug-likeness (QED) is 0.691. The Kier molecular flexibility index (Phi) is 6.60. The normalized spacial score (nSPS) is 15.1. The summed E-state index contributed by atoms with van der Waals surface area (Å²) in [6, 6.07) is 2.98. The predicted octanol–water partition coefficient (Wildman–Crippen LogP) is 2.56. The number of nitrogens with zero attached hydrogens (tertiary/aromatic N) is 2. The molecule has 1 N–H and O–H groups in total. The summed E-state index contributed by atoms with van der Waals surface area (Å²) in [5.74, 6) is -2.45. The molecule has 0 spiro atoms. The third-order valence-electron chi connectivity index (χ3n) is 4.30. The van der Waals surface area contributed by atoms with Gasteiger partial charge in [0.1, 0.15) is 10.7 Å². The van der Waals surface area contributed by atoms with Crippen molar-refractivity contribution in [3.05, 3.63) is 40.7 Å². The molecule has 0 saturated carbocycles. The van der Waals surface area contributed by atoms with E-state index in [4.69, 9.17) is 4.74 Å². The van der Waals surface area contributed by atoms with Gasteiger partial charge in [-0.25, -0.2) is 22.6 Å². The van der Waals surface area contributed by atoms with Crippen molar-refractivity contribution in [2.24, 2.45) is 0 Å². The van der Waals surface area contributed by atoms with Crippen LogP contribution in [0.3, 0.4) is 0 Å². The molecule has 1 saturated heterocycles. The molecule has 2 heterocycles. The molecule has 2 aromatic rings. The number of sulfonamides is 1. The fourth-order valence-corrected chi connectivity index (χ4v) is 5.17. The molecule has 1 aliphatic rings. The van der Waals surface area contributed by atoms with E-state index in [-0.39, 0.29) is 5.56 Å². The minimum absolute atomic E-state index is 0.153. The predicted molar refractivity (Wildman–Crippen MR) is 105 cm³/mol. The number of aromatic nitrogens is 1. The smallest absolute Gasteiger partial charge is 0.338 e. The van der Waals surface area contributed by atoms with Crippen molar-refractivity contribution in [3.8, 4) is 0 Å². The number of anilines is 1. The zero-order chi connectivity index (χ0) is 21.0. The van der Waals surface area contributed by atoms with Gasteiger partial charge in [-0.15, -0.1) is 11.3 Å². The van der Waals surface area contributed by atoms with Crippen LogP contribution in [0.15, 0.2) is 28.5 Å². The number of thiazole rings is 1. The highest BCUT2D eigenvalue weighted by Gasteiger charge is 2.29. The number of benzene rings is 1. The Labute approximate surface area is 171 Å². The van der Waals surface area contributed by atoms with Gasteiger partial charge in [-0.3, -0.25) is 10.1 Å². The molecule has 0 aliphatic carbocycles. The van der Waals surface area contributed by atoms with E-state index in [0.29, 0.717) is 31.1 Å². The Bertz CT molecular complexity index is 1020. The Balaban J connectivity index is 1.68. The Hall–Kier alpha value is -2.37. The van der Waals surface area contributed by atoms with Crippen LogP contribution < -0.4 is 5.32 Å². The molecule has 0 bridgehead atoms. The number of halogens is 1. The molecular formula is C18H20FN3O5S2. The van der Waals surface area contributed by atoms with E-state index < -0.39 is 39.2 Å². The van der Waals surface area contributed by atoms with E-state index in [2.05, 4.69) is 10.3 Å². The highest BCUT2D eigenvalue weighted by atomic mass is 32.2. The number of rotatable bonds is 6. The number of carbonyl (C=O) groups excluding carboxylic acids is 2. The van der Waals surface area contributed by atoms with E-state index in [0.717, 1.165) is 30.3 Å². The van der Waals surface area contributed by atoms with Gasteiger partial charge in [0.05, 0.1) is 11.3 Å². The van der Waals surface area contributed by atoms with Crippen LogP contribution >= 0.6 is 11.3 Å². The van der Waals surface area contributed by atoms with Gasteiger partial charge in [0.15, 0.2) is 11.7 Å². The monoisotopic (exact) mass is 441 g/mol. The van der Waals surface area contributed by atoms with Crippen molar-refractivity contribution >= 4 is 38.4 Å². The van der Waals surface area contributed by atoms with Crippen LogP contribution in [-0.2, 0) is 19.6 Å². The Morgan fingerprint density at radius 3 is 2.66 bits per heavy atom. The maximum atomic E-state index is 14.2. The largest absolute Gasteiger partial charge is 0.452 e. The molecule has 1 fully saturated rings. The molecule has 1 aromatic heterocycles. The first-order chi connectivity index (χ1) is 13.8. The molecule has 1 amide bonds. The SMILES string of the molecule is Cc1csc(NC(=O)COC(=O)c2ccc(F)c(S(=O)(=O)N3CCCCC3)c2)n1. The molecule has 0 unspecified atom stereocenters. The summed E-state index contributed by atoms with van der Waals surface area (Å²) in [6.07, 6.45) is 2.33. The second-order valence-electron chi connectivity index (χ2n) is 6.53. The number of ether oxygens (including phenoxy) is 1.